The Bertz CT molecular complexity index is 402. The summed E-state index contributed by atoms with van der Waals surface area (Å²) in [6.07, 6.45) is 8.46. The fraction of sp³-hybridized carbons (Fsp3) is 0.714. The van der Waals surface area contributed by atoms with Crippen molar-refractivity contribution in [3.05, 3.63) is 17.8 Å². The highest BCUT2D eigenvalue weighted by molar-refractivity contribution is 5.30. The molecule has 0 atom stereocenters. The zero-order valence-electron chi connectivity index (χ0n) is 10.1. The van der Waals surface area contributed by atoms with Crippen LogP contribution in [-0.4, -0.2) is 10.2 Å². The first kappa shape index (κ1) is 9.86. The van der Waals surface area contributed by atoms with Crippen LogP contribution in [0.25, 0.3) is 0 Å². The molecule has 1 aromatic heterocycles. The summed E-state index contributed by atoms with van der Waals surface area (Å²) < 4.78 is 0. The van der Waals surface area contributed by atoms with Crippen molar-refractivity contribution >= 4 is 5.82 Å². The van der Waals surface area contributed by atoms with E-state index in [9.17, 15) is 0 Å². The molecule has 90 valence electrons. The van der Waals surface area contributed by atoms with Gasteiger partial charge >= 0.3 is 0 Å². The lowest BCUT2D eigenvalue weighted by Crippen LogP contribution is -2.49. The molecule has 1 aromatic rings. The standard InChI is InChI=1S/C14H19N3/c15-13-2-1-12(16-17-13)14-6-9-3-10(7-14)5-11(4-9)8-14/h1-2,9-11H,3-8H2,(H2,15,17). The summed E-state index contributed by atoms with van der Waals surface area (Å²) in [6, 6.07) is 4.04. The van der Waals surface area contributed by atoms with Gasteiger partial charge in [0.2, 0.25) is 0 Å². The molecule has 0 unspecified atom stereocenters. The summed E-state index contributed by atoms with van der Waals surface area (Å²) in [4.78, 5) is 0. The van der Waals surface area contributed by atoms with Crippen LogP contribution in [-0.2, 0) is 5.41 Å². The van der Waals surface area contributed by atoms with Crippen LogP contribution in [0, 0.1) is 17.8 Å². The number of rotatable bonds is 1. The molecule has 4 aliphatic carbocycles. The molecule has 4 fully saturated rings. The monoisotopic (exact) mass is 229 g/mol. The van der Waals surface area contributed by atoms with Crippen molar-refractivity contribution < 1.29 is 0 Å². The molecule has 0 saturated heterocycles. The quantitative estimate of drug-likeness (QED) is 0.805. The van der Waals surface area contributed by atoms with E-state index in [0.29, 0.717) is 11.2 Å². The zero-order chi connectivity index (χ0) is 11.5. The summed E-state index contributed by atoms with van der Waals surface area (Å²) in [5, 5.41) is 8.46. The Hall–Kier alpha value is -1.12. The number of nitrogens with two attached hydrogens (primary N) is 1. The Morgan fingerprint density at radius 2 is 1.53 bits per heavy atom. The number of anilines is 1. The predicted molar refractivity (Wildman–Crippen MR) is 66.3 cm³/mol. The first-order valence-electron chi connectivity index (χ1n) is 6.83. The Morgan fingerprint density at radius 1 is 0.941 bits per heavy atom. The molecule has 4 aliphatic rings. The first-order chi connectivity index (χ1) is 8.23. The van der Waals surface area contributed by atoms with E-state index >= 15 is 0 Å². The predicted octanol–water partition coefficient (Wildman–Crippen LogP) is 2.53. The zero-order valence-corrected chi connectivity index (χ0v) is 10.1. The van der Waals surface area contributed by atoms with E-state index in [1.54, 1.807) is 0 Å². The lowest BCUT2D eigenvalue weighted by Gasteiger charge is -2.56. The minimum atomic E-state index is 0.357. The summed E-state index contributed by atoms with van der Waals surface area (Å²) in [5.41, 5.74) is 7.21. The first-order valence-corrected chi connectivity index (χ1v) is 6.83. The molecule has 17 heavy (non-hydrogen) atoms. The summed E-state index contributed by atoms with van der Waals surface area (Å²) in [7, 11) is 0. The van der Waals surface area contributed by atoms with Crippen LogP contribution in [0.4, 0.5) is 5.82 Å². The minimum Gasteiger partial charge on any atom is -0.382 e. The Labute approximate surface area is 102 Å². The van der Waals surface area contributed by atoms with Crippen molar-refractivity contribution in [2.45, 2.75) is 43.9 Å². The second-order valence-electron chi connectivity index (χ2n) is 6.54. The van der Waals surface area contributed by atoms with Crippen LogP contribution in [0.3, 0.4) is 0 Å². The second-order valence-corrected chi connectivity index (χ2v) is 6.54. The van der Waals surface area contributed by atoms with Gasteiger partial charge in [-0.15, -0.1) is 5.10 Å². The van der Waals surface area contributed by atoms with E-state index in [1.165, 1.54) is 44.2 Å². The molecular formula is C14H19N3. The van der Waals surface area contributed by atoms with Gasteiger partial charge in [-0.25, -0.2) is 0 Å². The van der Waals surface area contributed by atoms with Gasteiger partial charge in [0.25, 0.3) is 0 Å². The van der Waals surface area contributed by atoms with Crippen molar-refractivity contribution in [3.8, 4) is 0 Å². The fourth-order valence-electron chi connectivity index (χ4n) is 5.05. The number of hydrogen-bond acceptors (Lipinski definition) is 3. The Kier molecular flexibility index (Phi) is 1.86. The van der Waals surface area contributed by atoms with Gasteiger partial charge in [-0.1, -0.05) is 0 Å². The van der Waals surface area contributed by atoms with Gasteiger partial charge in [0, 0.05) is 5.41 Å². The largest absolute Gasteiger partial charge is 0.382 e. The maximum atomic E-state index is 5.64. The van der Waals surface area contributed by atoms with Crippen molar-refractivity contribution in [1.29, 1.82) is 0 Å². The van der Waals surface area contributed by atoms with Crippen molar-refractivity contribution in [2.24, 2.45) is 17.8 Å². The van der Waals surface area contributed by atoms with Crippen LogP contribution in [0.2, 0.25) is 0 Å². The van der Waals surface area contributed by atoms with Crippen molar-refractivity contribution in [1.82, 2.24) is 10.2 Å². The summed E-state index contributed by atoms with van der Waals surface area (Å²) in [6.45, 7) is 0. The van der Waals surface area contributed by atoms with Gasteiger partial charge < -0.3 is 5.73 Å². The maximum Gasteiger partial charge on any atom is 0.146 e. The van der Waals surface area contributed by atoms with Crippen LogP contribution in [0.15, 0.2) is 12.1 Å². The fourth-order valence-corrected chi connectivity index (χ4v) is 5.05. The van der Waals surface area contributed by atoms with E-state index in [4.69, 9.17) is 5.73 Å². The number of nitrogens with zero attached hydrogens (tertiary/aromatic N) is 2. The molecule has 0 radical (unpaired) electrons. The van der Waals surface area contributed by atoms with Gasteiger partial charge in [0.05, 0.1) is 5.69 Å². The van der Waals surface area contributed by atoms with E-state index in [1.807, 2.05) is 6.07 Å². The molecule has 4 bridgehead atoms. The molecule has 5 rings (SSSR count). The Morgan fingerprint density at radius 3 is 2.00 bits per heavy atom. The molecule has 4 saturated carbocycles. The highest BCUT2D eigenvalue weighted by Gasteiger charge is 2.52. The van der Waals surface area contributed by atoms with Gasteiger partial charge in [-0.05, 0) is 68.4 Å². The van der Waals surface area contributed by atoms with Crippen molar-refractivity contribution in [3.63, 3.8) is 0 Å². The third kappa shape index (κ3) is 1.41. The highest BCUT2D eigenvalue weighted by Crippen LogP contribution is 2.60. The van der Waals surface area contributed by atoms with Gasteiger partial charge in [0.1, 0.15) is 5.82 Å². The number of aromatic nitrogens is 2. The molecule has 0 aromatic carbocycles. The second kappa shape index (κ2) is 3.21. The van der Waals surface area contributed by atoms with Gasteiger partial charge in [0.15, 0.2) is 0 Å². The number of nitrogen functional groups attached to an aromatic ring is 1. The molecule has 3 heteroatoms. The van der Waals surface area contributed by atoms with Gasteiger partial charge in [-0.3, -0.25) is 0 Å². The van der Waals surface area contributed by atoms with E-state index < -0.39 is 0 Å². The topological polar surface area (TPSA) is 51.8 Å². The SMILES string of the molecule is Nc1ccc(C23CC4CC(CC(C4)C2)C3)nn1. The van der Waals surface area contributed by atoms with Crippen LogP contribution < -0.4 is 5.73 Å². The smallest absolute Gasteiger partial charge is 0.146 e. The summed E-state index contributed by atoms with van der Waals surface area (Å²) >= 11 is 0. The molecule has 0 amide bonds. The van der Waals surface area contributed by atoms with Crippen LogP contribution in [0.1, 0.15) is 44.2 Å². The lowest BCUT2D eigenvalue weighted by molar-refractivity contribution is -0.00757. The van der Waals surface area contributed by atoms with Crippen LogP contribution >= 0.6 is 0 Å². The molecule has 0 spiro atoms. The minimum absolute atomic E-state index is 0.357. The third-order valence-corrected chi connectivity index (χ3v) is 5.27. The molecule has 1 heterocycles. The van der Waals surface area contributed by atoms with Gasteiger partial charge in [-0.2, -0.15) is 5.10 Å². The summed E-state index contributed by atoms with van der Waals surface area (Å²) in [5.74, 6) is 3.42. The van der Waals surface area contributed by atoms with E-state index in [2.05, 4.69) is 16.3 Å². The third-order valence-electron chi connectivity index (χ3n) is 5.27. The lowest BCUT2D eigenvalue weighted by atomic mass is 9.49. The molecule has 2 N–H and O–H groups in total. The maximum absolute atomic E-state index is 5.64. The van der Waals surface area contributed by atoms with Crippen molar-refractivity contribution in [2.75, 3.05) is 5.73 Å². The van der Waals surface area contributed by atoms with E-state index in [0.717, 1.165) is 17.8 Å². The molecule has 0 aliphatic heterocycles. The number of hydrogen-bond donors (Lipinski definition) is 1. The normalized spacial score (nSPS) is 42.9. The average molecular weight is 229 g/mol. The average Bonchev–Trinajstić information content (AvgIpc) is 2.27. The highest BCUT2D eigenvalue weighted by atomic mass is 15.1. The molecular weight excluding hydrogens is 210 g/mol. The van der Waals surface area contributed by atoms with Crippen LogP contribution in [0.5, 0.6) is 0 Å². The van der Waals surface area contributed by atoms with E-state index in [-0.39, 0.29) is 0 Å². The Balaban J connectivity index is 1.74. The molecule has 3 nitrogen and oxygen atoms in total.